The van der Waals surface area contributed by atoms with Crippen LogP contribution in [0, 0.1) is 0 Å². The lowest BCUT2D eigenvalue weighted by atomic mass is 10.2. The van der Waals surface area contributed by atoms with Gasteiger partial charge in [-0.15, -0.1) is 0 Å². The quantitative estimate of drug-likeness (QED) is 0.621. The Morgan fingerprint density at radius 3 is 2.21 bits per heavy atom. The number of ether oxygens (including phenoxy) is 1. The number of benzene rings is 1. The molecule has 0 heterocycles. The van der Waals surface area contributed by atoms with Crippen molar-refractivity contribution in [1.82, 2.24) is 0 Å². The second-order valence-electron chi connectivity index (χ2n) is 3.89. The topological polar surface area (TPSA) is 67.4 Å². The third kappa shape index (κ3) is 6.24. The van der Waals surface area contributed by atoms with Crippen LogP contribution in [0.15, 0.2) is 24.3 Å². The molecule has 2 N–H and O–H groups in total. The number of nitrogens with one attached hydrogen (secondary N) is 2. The first-order valence-electron chi connectivity index (χ1n) is 5.96. The molecule has 0 atom stereocenters. The standard InChI is InChI=1S/C13H17BrN2O3/c1-19-13(18)16-11-7-5-10(6-8-11)15-12(17)4-2-3-9-14/h5-8H,2-4,9H2,1H3,(H,15,17)(H,16,18). The van der Waals surface area contributed by atoms with Crippen molar-refractivity contribution in [1.29, 1.82) is 0 Å². The highest BCUT2D eigenvalue weighted by atomic mass is 79.9. The van der Waals surface area contributed by atoms with E-state index >= 15 is 0 Å². The normalized spacial score (nSPS) is 9.79. The highest BCUT2D eigenvalue weighted by Crippen LogP contribution is 2.14. The molecular formula is C13H17BrN2O3. The Bertz CT molecular complexity index is 420. The van der Waals surface area contributed by atoms with E-state index in [0.29, 0.717) is 17.8 Å². The molecule has 0 radical (unpaired) electrons. The number of unbranched alkanes of at least 4 members (excludes halogenated alkanes) is 1. The summed E-state index contributed by atoms with van der Waals surface area (Å²) in [5, 5.41) is 6.24. The van der Waals surface area contributed by atoms with Crippen molar-refractivity contribution in [2.45, 2.75) is 19.3 Å². The highest BCUT2D eigenvalue weighted by Gasteiger charge is 2.03. The molecule has 0 aliphatic carbocycles. The predicted octanol–water partition coefficient (Wildman–Crippen LogP) is 3.37. The molecule has 1 aromatic carbocycles. The second kappa shape index (κ2) is 8.53. The van der Waals surface area contributed by atoms with E-state index in [0.717, 1.165) is 18.2 Å². The summed E-state index contributed by atoms with van der Waals surface area (Å²) in [6, 6.07) is 6.86. The Hall–Kier alpha value is -1.56. The molecule has 0 unspecified atom stereocenters. The van der Waals surface area contributed by atoms with Crippen LogP contribution in [-0.2, 0) is 9.53 Å². The zero-order valence-electron chi connectivity index (χ0n) is 10.7. The number of alkyl halides is 1. The number of carbonyl (C=O) groups excluding carboxylic acids is 2. The summed E-state index contributed by atoms with van der Waals surface area (Å²) in [6.07, 6.45) is 1.83. The molecule has 0 fully saturated rings. The highest BCUT2D eigenvalue weighted by molar-refractivity contribution is 9.09. The number of hydrogen-bond acceptors (Lipinski definition) is 3. The summed E-state index contributed by atoms with van der Waals surface area (Å²) in [7, 11) is 1.30. The largest absolute Gasteiger partial charge is 0.453 e. The number of anilines is 2. The Morgan fingerprint density at radius 2 is 1.68 bits per heavy atom. The average Bonchev–Trinajstić information content (AvgIpc) is 2.41. The lowest BCUT2D eigenvalue weighted by Crippen LogP contribution is -2.12. The molecule has 2 amide bonds. The van der Waals surface area contributed by atoms with Gasteiger partial charge in [-0.2, -0.15) is 0 Å². The van der Waals surface area contributed by atoms with E-state index in [1.54, 1.807) is 24.3 Å². The van der Waals surface area contributed by atoms with Crippen LogP contribution in [0.25, 0.3) is 0 Å². The molecule has 6 heteroatoms. The minimum absolute atomic E-state index is 0.00497. The lowest BCUT2D eigenvalue weighted by molar-refractivity contribution is -0.116. The smallest absolute Gasteiger partial charge is 0.411 e. The molecule has 0 aliphatic heterocycles. The van der Waals surface area contributed by atoms with Gasteiger partial charge < -0.3 is 10.1 Å². The van der Waals surface area contributed by atoms with Crippen molar-refractivity contribution in [2.75, 3.05) is 23.1 Å². The van der Waals surface area contributed by atoms with Crippen molar-refractivity contribution in [3.05, 3.63) is 24.3 Å². The molecule has 0 aromatic heterocycles. The van der Waals surface area contributed by atoms with Crippen LogP contribution in [0.5, 0.6) is 0 Å². The molecule has 104 valence electrons. The van der Waals surface area contributed by atoms with E-state index in [1.807, 2.05) is 0 Å². The monoisotopic (exact) mass is 328 g/mol. The summed E-state index contributed by atoms with van der Waals surface area (Å²) in [5.41, 5.74) is 1.32. The van der Waals surface area contributed by atoms with Gasteiger partial charge in [0.1, 0.15) is 0 Å². The van der Waals surface area contributed by atoms with E-state index in [2.05, 4.69) is 31.3 Å². The van der Waals surface area contributed by atoms with Crippen molar-refractivity contribution < 1.29 is 14.3 Å². The van der Waals surface area contributed by atoms with Crippen LogP contribution in [0.3, 0.4) is 0 Å². The van der Waals surface area contributed by atoms with Crippen LogP contribution in [0.4, 0.5) is 16.2 Å². The Morgan fingerprint density at radius 1 is 1.11 bits per heavy atom. The molecule has 19 heavy (non-hydrogen) atoms. The van der Waals surface area contributed by atoms with Crippen molar-refractivity contribution in [3.8, 4) is 0 Å². The predicted molar refractivity (Wildman–Crippen MR) is 78.7 cm³/mol. The first-order valence-corrected chi connectivity index (χ1v) is 7.08. The fourth-order valence-corrected chi connectivity index (χ4v) is 1.81. The van der Waals surface area contributed by atoms with Gasteiger partial charge in [-0.3, -0.25) is 10.1 Å². The van der Waals surface area contributed by atoms with Crippen molar-refractivity contribution >= 4 is 39.3 Å². The van der Waals surface area contributed by atoms with E-state index in [1.165, 1.54) is 7.11 Å². The van der Waals surface area contributed by atoms with Gasteiger partial charge >= 0.3 is 6.09 Å². The van der Waals surface area contributed by atoms with E-state index in [9.17, 15) is 9.59 Å². The molecule has 0 aliphatic rings. The molecule has 5 nitrogen and oxygen atoms in total. The number of carbonyl (C=O) groups is 2. The fourth-order valence-electron chi connectivity index (χ4n) is 1.41. The second-order valence-corrected chi connectivity index (χ2v) is 4.68. The van der Waals surface area contributed by atoms with E-state index in [-0.39, 0.29) is 5.91 Å². The van der Waals surface area contributed by atoms with E-state index in [4.69, 9.17) is 0 Å². The Labute approximate surface area is 120 Å². The van der Waals surface area contributed by atoms with Crippen LogP contribution in [0.2, 0.25) is 0 Å². The third-order valence-electron chi connectivity index (χ3n) is 2.39. The maximum Gasteiger partial charge on any atom is 0.411 e. The number of halogens is 1. The summed E-state index contributed by atoms with van der Waals surface area (Å²) in [4.78, 5) is 22.6. The lowest BCUT2D eigenvalue weighted by Gasteiger charge is -2.07. The average molecular weight is 329 g/mol. The first kappa shape index (κ1) is 15.5. The van der Waals surface area contributed by atoms with Gasteiger partial charge in [-0.25, -0.2) is 4.79 Å². The minimum Gasteiger partial charge on any atom is -0.453 e. The molecule has 1 aromatic rings. The van der Waals surface area contributed by atoms with Crippen LogP contribution >= 0.6 is 15.9 Å². The number of hydrogen-bond donors (Lipinski definition) is 2. The summed E-state index contributed by atoms with van der Waals surface area (Å²) < 4.78 is 4.48. The maximum absolute atomic E-state index is 11.6. The van der Waals surface area contributed by atoms with Gasteiger partial charge in [0.15, 0.2) is 0 Å². The van der Waals surface area contributed by atoms with Crippen molar-refractivity contribution in [2.24, 2.45) is 0 Å². The minimum atomic E-state index is -0.522. The van der Waals surface area contributed by atoms with Gasteiger partial charge in [-0.05, 0) is 37.1 Å². The molecular weight excluding hydrogens is 312 g/mol. The summed E-state index contributed by atoms with van der Waals surface area (Å²) in [5.74, 6) is -0.00497. The molecule has 0 saturated carbocycles. The van der Waals surface area contributed by atoms with E-state index < -0.39 is 6.09 Å². The van der Waals surface area contributed by atoms with Gasteiger partial charge in [0.05, 0.1) is 7.11 Å². The molecule has 0 spiro atoms. The summed E-state index contributed by atoms with van der Waals surface area (Å²) in [6.45, 7) is 0. The third-order valence-corrected chi connectivity index (χ3v) is 2.95. The van der Waals surface area contributed by atoms with Gasteiger partial charge in [0, 0.05) is 23.1 Å². The first-order chi connectivity index (χ1) is 9.15. The van der Waals surface area contributed by atoms with Gasteiger partial charge in [0.25, 0.3) is 0 Å². The SMILES string of the molecule is COC(=O)Nc1ccc(NC(=O)CCCCBr)cc1. The number of rotatable bonds is 6. The zero-order valence-corrected chi connectivity index (χ0v) is 12.3. The van der Waals surface area contributed by atoms with Gasteiger partial charge in [0.2, 0.25) is 5.91 Å². The van der Waals surface area contributed by atoms with Crippen LogP contribution in [-0.4, -0.2) is 24.4 Å². The molecule has 1 rings (SSSR count). The fraction of sp³-hybridized carbons (Fsp3) is 0.385. The maximum atomic E-state index is 11.6. The summed E-state index contributed by atoms with van der Waals surface area (Å²) >= 11 is 3.32. The number of methoxy groups -OCH3 is 1. The molecule has 0 bridgehead atoms. The van der Waals surface area contributed by atoms with Gasteiger partial charge in [-0.1, -0.05) is 15.9 Å². The zero-order chi connectivity index (χ0) is 14.1. The van der Waals surface area contributed by atoms with Crippen molar-refractivity contribution in [3.63, 3.8) is 0 Å². The Balaban J connectivity index is 2.43. The number of amides is 2. The van der Waals surface area contributed by atoms with Crippen LogP contribution < -0.4 is 10.6 Å². The molecule has 0 saturated heterocycles. The van der Waals surface area contributed by atoms with Crippen LogP contribution in [0.1, 0.15) is 19.3 Å². The Kier molecular flexibility index (Phi) is 6.95.